The Bertz CT molecular complexity index is 1570. The number of ether oxygens (including phenoxy) is 3. The molecule has 0 spiro atoms. The van der Waals surface area contributed by atoms with Crippen LogP contribution in [-0.4, -0.2) is 81.8 Å². The van der Waals surface area contributed by atoms with Gasteiger partial charge in [-0.05, 0) is 56.2 Å². The van der Waals surface area contributed by atoms with Crippen LogP contribution in [0.1, 0.15) is 54.6 Å². The Hall–Kier alpha value is -4.76. The molecule has 2 aromatic rings. The first kappa shape index (κ1) is 34.7. The van der Waals surface area contributed by atoms with E-state index in [-0.39, 0.29) is 52.9 Å². The van der Waals surface area contributed by atoms with Crippen LogP contribution in [0.15, 0.2) is 53.1 Å². The van der Waals surface area contributed by atoms with Crippen LogP contribution in [0, 0.1) is 5.41 Å². The molecule has 15 heteroatoms. The molecule has 45 heavy (non-hydrogen) atoms. The van der Waals surface area contributed by atoms with Crippen LogP contribution >= 0.6 is 0 Å². The highest BCUT2D eigenvalue weighted by Gasteiger charge is 2.27. The molecule has 3 rings (SSSR count). The second-order valence-electron chi connectivity index (χ2n) is 10.0. The number of carbonyl (C=O) groups is 4. The van der Waals surface area contributed by atoms with Gasteiger partial charge in [0.25, 0.3) is 5.91 Å². The minimum Gasteiger partial charge on any atom is -0.491 e. The van der Waals surface area contributed by atoms with Crippen molar-refractivity contribution in [2.45, 2.75) is 44.0 Å². The summed E-state index contributed by atoms with van der Waals surface area (Å²) in [7, 11) is -2.51. The lowest BCUT2D eigenvalue weighted by molar-refractivity contribution is -0.143. The zero-order valence-electron chi connectivity index (χ0n) is 25.3. The third-order valence-corrected chi connectivity index (χ3v) is 8.57. The maximum atomic E-state index is 13.2. The van der Waals surface area contributed by atoms with Crippen LogP contribution in [0.3, 0.4) is 0 Å². The number of hydrogen-bond acceptors (Lipinski definition) is 10. The van der Waals surface area contributed by atoms with Gasteiger partial charge in [0.2, 0.25) is 15.9 Å². The van der Waals surface area contributed by atoms with E-state index in [2.05, 4.69) is 10.6 Å². The quantitative estimate of drug-likeness (QED) is 0.101. The first-order valence-corrected chi connectivity index (χ1v) is 15.5. The van der Waals surface area contributed by atoms with Crippen LogP contribution in [0.2, 0.25) is 0 Å². The van der Waals surface area contributed by atoms with Gasteiger partial charge in [-0.15, -0.1) is 0 Å². The summed E-state index contributed by atoms with van der Waals surface area (Å²) < 4.78 is 42.9. The lowest BCUT2D eigenvalue weighted by atomic mass is 10.1. The number of amides is 2. The molecule has 0 bridgehead atoms. The Balaban J connectivity index is 1.86. The van der Waals surface area contributed by atoms with Gasteiger partial charge in [-0.3, -0.25) is 19.8 Å². The number of amidine groups is 1. The Morgan fingerprint density at radius 1 is 1.07 bits per heavy atom. The average molecular weight is 644 g/mol. The predicted molar refractivity (Wildman–Crippen MR) is 164 cm³/mol. The summed E-state index contributed by atoms with van der Waals surface area (Å²) >= 11 is 0. The number of rotatable bonds is 14. The number of carbonyl (C=O) groups excluding carboxylic acids is 4. The van der Waals surface area contributed by atoms with E-state index in [1.54, 1.807) is 6.92 Å². The molecule has 0 unspecified atom stereocenters. The van der Waals surface area contributed by atoms with Crippen molar-refractivity contribution in [2.24, 2.45) is 5.73 Å². The number of esters is 2. The second-order valence-corrected chi connectivity index (χ2v) is 12.0. The number of hydrogen-bond donors (Lipinski definition) is 4. The summed E-state index contributed by atoms with van der Waals surface area (Å²) in [6.45, 7) is 3.61. The monoisotopic (exact) mass is 643 g/mol. The summed E-state index contributed by atoms with van der Waals surface area (Å²) in [4.78, 5) is 49.5. The number of nitrogens with zero attached hydrogens (tertiary/aromatic N) is 1. The molecular weight excluding hydrogens is 606 g/mol. The normalized spacial score (nSPS) is 14.2. The van der Waals surface area contributed by atoms with Gasteiger partial charge in [0.15, 0.2) is 0 Å². The van der Waals surface area contributed by atoms with E-state index in [1.165, 1.54) is 59.8 Å². The number of benzene rings is 2. The standard InChI is InChI=1S/C30H37N5O9S/c1-4-43-27(37)17-23(34-29(38)20-9-11-24(12-10-20)45(40,41)35-13-5-6-14-35)18-44-26-16-22(28(31)32)8-7-21(26)15-25(30(39)42-3)33-19(2)36/h7-12,15-16,23H,4-6,13-14,17-18H2,1-3H3,(H3,31,32)(H,33,36)(H,34,38)/b25-15+/t23-/m1/s1. The number of methoxy groups -OCH3 is 1. The molecule has 0 aromatic heterocycles. The van der Waals surface area contributed by atoms with E-state index in [4.69, 9.17) is 25.4 Å². The maximum Gasteiger partial charge on any atom is 0.354 e. The number of nitrogen functional groups attached to an aromatic ring is 1. The zero-order valence-corrected chi connectivity index (χ0v) is 26.1. The van der Waals surface area contributed by atoms with Crippen molar-refractivity contribution < 1.29 is 41.8 Å². The van der Waals surface area contributed by atoms with Gasteiger partial charge in [0.05, 0.1) is 31.1 Å². The van der Waals surface area contributed by atoms with Gasteiger partial charge in [0, 0.05) is 36.7 Å². The first-order valence-electron chi connectivity index (χ1n) is 14.1. The Morgan fingerprint density at radius 3 is 2.29 bits per heavy atom. The van der Waals surface area contributed by atoms with Crippen LogP contribution < -0.4 is 21.1 Å². The van der Waals surface area contributed by atoms with Crippen molar-refractivity contribution in [1.82, 2.24) is 14.9 Å². The largest absolute Gasteiger partial charge is 0.491 e. The number of sulfonamides is 1. The van der Waals surface area contributed by atoms with Gasteiger partial charge in [0.1, 0.15) is 23.9 Å². The molecule has 2 aromatic carbocycles. The van der Waals surface area contributed by atoms with Gasteiger partial charge < -0.3 is 30.6 Å². The fourth-order valence-corrected chi connectivity index (χ4v) is 5.95. The average Bonchev–Trinajstić information content (AvgIpc) is 3.56. The Morgan fingerprint density at radius 2 is 1.71 bits per heavy atom. The third-order valence-electron chi connectivity index (χ3n) is 6.65. The van der Waals surface area contributed by atoms with Gasteiger partial charge in [-0.1, -0.05) is 12.1 Å². The summed E-state index contributed by atoms with van der Waals surface area (Å²) in [6.07, 6.45) is 2.63. The molecule has 0 saturated carbocycles. The van der Waals surface area contributed by atoms with Crippen molar-refractivity contribution in [3.05, 3.63) is 64.9 Å². The van der Waals surface area contributed by atoms with Crippen molar-refractivity contribution in [3.63, 3.8) is 0 Å². The molecule has 1 aliphatic rings. The van der Waals surface area contributed by atoms with Crippen LogP contribution in [0.4, 0.5) is 0 Å². The fraction of sp³-hybridized carbons (Fsp3) is 0.367. The molecular formula is C30H37N5O9S. The van der Waals surface area contributed by atoms with Crippen molar-refractivity contribution >= 4 is 45.7 Å². The van der Waals surface area contributed by atoms with E-state index in [9.17, 15) is 27.6 Å². The SMILES string of the molecule is CCOC(=O)C[C@H](COc1cc(C(=N)N)ccc1/C=C(/NC(C)=O)C(=O)OC)NC(=O)c1ccc(S(=O)(=O)N2CCCC2)cc1. The van der Waals surface area contributed by atoms with E-state index in [1.807, 2.05) is 0 Å². The second kappa shape index (κ2) is 15.8. The first-order chi connectivity index (χ1) is 21.3. The molecule has 1 atom stereocenters. The third kappa shape index (κ3) is 9.61. The summed E-state index contributed by atoms with van der Waals surface area (Å²) in [5, 5.41) is 12.9. The molecule has 5 N–H and O–H groups in total. The molecule has 242 valence electrons. The highest BCUT2D eigenvalue weighted by molar-refractivity contribution is 7.89. The van der Waals surface area contributed by atoms with Gasteiger partial charge in [-0.2, -0.15) is 4.31 Å². The van der Waals surface area contributed by atoms with Crippen LogP contribution in [0.25, 0.3) is 6.08 Å². The highest BCUT2D eigenvalue weighted by atomic mass is 32.2. The minimum absolute atomic E-state index is 0.0730. The van der Waals surface area contributed by atoms with Crippen LogP contribution in [0.5, 0.6) is 5.75 Å². The number of nitrogens with two attached hydrogens (primary N) is 1. The maximum absolute atomic E-state index is 13.2. The van der Waals surface area contributed by atoms with E-state index in [0.29, 0.717) is 18.7 Å². The topological polar surface area (TPSA) is 207 Å². The molecule has 2 amide bonds. The lowest BCUT2D eigenvalue weighted by Crippen LogP contribution is -2.41. The molecule has 1 fully saturated rings. The Labute approximate surface area is 261 Å². The Kier molecular flexibility index (Phi) is 12.2. The molecule has 0 aliphatic carbocycles. The summed E-state index contributed by atoms with van der Waals surface area (Å²) in [5.74, 6) is -2.68. The fourth-order valence-electron chi connectivity index (χ4n) is 4.43. The number of nitrogens with one attached hydrogen (secondary N) is 3. The molecule has 1 saturated heterocycles. The van der Waals surface area contributed by atoms with E-state index >= 15 is 0 Å². The van der Waals surface area contributed by atoms with Crippen LogP contribution in [-0.2, 0) is 33.9 Å². The molecule has 1 aliphatic heterocycles. The zero-order chi connectivity index (χ0) is 33.1. The van der Waals surface area contributed by atoms with E-state index < -0.39 is 39.8 Å². The molecule has 1 heterocycles. The summed E-state index contributed by atoms with van der Waals surface area (Å²) in [5.41, 5.74) is 6.21. The smallest absolute Gasteiger partial charge is 0.354 e. The summed E-state index contributed by atoms with van der Waals surface area (Å²) in [6, 6.07) is 9.02. The van der Waals surface area contributed by atoms with Crippen molar-refractivity contribution in [3.8, 4) is 5.75 Å². The minimum atomic E-state index is -3.66. The molecule has 0 radical (unpaired) electrons. The van der Waals surface area contributed by atoms with E-state index in [0.717, 1.165) is 20.0 Å². The van der Waals surface area contributed by atoms with Crippen molar-refractivity contribution in [1.29, 1.82) is 5.41 Å². The lowest BCUT2D eigenvalue weighted by Gasteiger charge is -2.20. The van der Waals surface area contributed by atoms with Gasteiger partial charge in [-0.25, -0.2) is 13.2 Å². The molecule has 14 nitrogen and oxygen atoms in total. The predicted octanol–water partition coefficient (Wildman–Crippen LogP) is 1.54. The van der Waals surface area contributed by atoms with Crippen molar-refractivity contribution in [2.75, 3.05) is 33.4 Å². The van der Waals surface area contributed by atoms with Gasteiger partial charge >= 0.3 is 11.9 Å². The highest BCUT2D eigenvalue weighted by Crippen LogP contribution is 2.24.